The Morgan fingerprint density at radius 2 is 1.89 bits per heavy atom. The minimum absolute atomic E-state index is 0.0210. The molecule has 0 aliphatic heterocycles. The number of methoxy groups -OCH3 is 1. The number of rotatable bonds is 8. The van der Waals surface area contributed by atoms with Crippen LogP contribution in [0, 0.1) is 17.8 Å². The van der Waals surface area contributed by atoms with Crippen LogP contribution in [0.5, 0.6) is 0 Å². The fourth-order valence-corrected chi connectivity index (χ4v) is 6.42. The van der Waals surface area contributed by atoms with Gasteiger partial charge in [-0.25, -0.2) is 14.3 Å². The van der Waals surface area contributed by atoms with Crippen LogP contribution in [0.4, 0.5) is 15.4 Å². The maximum atomic E-state index is 13.5. The van der Waals surface area contributed by atoms with Crippen molar-refractivity contribution >= 4 is 30.1 Å². The van der Waals surface area contributed by atoms with Crippen molar-refractivity contribution in [2.45, 2.75) is 83.0 Å². The average molecular weight is 503 g/mol. The molecule has 1 aromatic rings. The number of hydrogen-bond acceptors (Lipinski definition) is 7. The van der Waals surface area contributed by atoms with E-state index in [-0.39, 0.29) is 29.8 Å². The van der Waals surface area contributed by atoms with Gasteiger partial charge in [-0.2, -0.15) is 5.10 Å². The molecule has 11 nitrogen and oxygen atoms in total. The number of carbonyl (C=O) groups is 3. The summed E-state index contributed by atoms with van der Waals surface area (Å²) in [7, 11) is 1.31. The lowest BCUT2D eigenvalue weighted by molar-refractivity contribution is -0.137. The van der Waals surface area contributed by atoms with Gasteiger partial charge in [0, 0.05) is 18.3 Å². The van der Waals surface area contributed by atoms with Crippen molar-refractivity contribution in [2.24, 2.45) is 23.5 Å². The Morgan fingerprint density at radius 3 is 2.47 bits per heavy atom. The number of nitrogens with zero attached hydrogens (tertiary/aromatic N) is 2. The highest BCUT2D eigenvalue weighted by atomic mass is 16.6. The van der Waals surface area contributed by atoms with Crippen molar-refractivity contribution in [1.82, 2.24) is 20.4 Å². The van der Waals surface area contributed by atoms with Gasteiger partial charge in [-0.05, 0) is 83.6 Å². The Labute approximate surface area is 211 Å². The first-order chi connectivity index (χ1) is 16.9. The van der Waals surface area contributed by atoms with Crippen LogP contribution >= 0.6 is 0 Å². The molecule has 1 heterocycles. The molecule has 4 fully saturated rings. The fraction of sp³-hybridized carbons (Fsp3) is 0.680. The highest BCUT2D eigenvalue weighted by Gasteiger charge is 2.57. The van der Waals surface area contributed by atoms with Gasteiger partial charge < -0.3 is 31.2 Å². The lowest BCUT2D eigenvalue weighted by Crippen LogP contribution is -2.63. The molecular weight excluding hydrogens is 464 g/mol. The molecule has 4 aliphatic rings. The average Bonchev–Trinajstić information content (AvgIpc) is 3.15. The van der Waals surface area contributed by atoms with Crippen molar-refractivity contribution in [2.75, 3.05) is 12.4 Å². The van der Waals surface area contributed by atoms with Crippen molar-refractivity contribution in [3.63, 3.8) is 0 Å². The third kappa shape index (κ3) is 5.44. The first-order valence-electron chi connectivity index (χ1n) is 12.6. The van der Waals surface area contributed by atoms with E-state index in [0.29, 0.717) is 17.3 Å². The minimum atomic E-state index is -0.715. The second-order valence-electron chi connectivity index (χ2n) is 11.4. The first kappa shape index (κ1) is 25.8. The van der Waals surface area contributed by atoms with Crippen molar-refractivity contribution < 1.29 is 23.9 Å². The number of amides is 3. The summed E-state index contributed by atoms with van der Waals surface area (Å²) in [6, 6.07) is 0.0845. The molecule has 4 aliphatic carbocycles. The number of carbonyl (C=O) groups excluding carboxylic acids is 3. The second kappa shape index (κ2) is 9.67. The van der Waals surface area contributed by atoms with Crippen LogP contribution in [0.3, 0.4) is 0 Å². The number of hydrogen-bond donors (Lipinski definition) is 4. The molecular formula is C25H38N6O5. The molecule has 0 spiro atoms. The van der Waals surface area contributed by atoms with E-state index in [1.807, 2.05) is 27.7 Å². The van der Waals surface area contributed by atoms with Crippen molar-refractivity contribution in [1.29, 1.82) is 0 Å². The van der Waals surface area contributed by atoms with E-state index in [9.17, 15) is 14.4 Å². The predicted molar refractivity (Wildman–Crippen MR) is 134 cm³/mol. The zero-order valence-electron chi connectivity index (χ0n) is 21.7. The van der Waals surface area contributed by atoms with E-state index in [4.69, 9.17) is 10.5 Å². The molecule has 0 radical (unpaired) electrons. The van der Waals surface area contributed by atoms with Gasteiger partial charge in [0.2, 0.25) is 0 Å². The number of primary amides is 1. The highest BCUT2D eigenvalue weighted by molar-refractivity contribution is 5.99. The number of anilines is 1. The maximum Gasteiger partial charge on any atom is 0.407 e. The summed E-state index contributed by atoms with van der Waals surface area (Å²) in [5, 5.41) is 13.8. The minimum Gasteiger partial charge on any atom is -0.453 e. The molecule has 3 amide bonds. The van der Waals surface area contributed by atoms with E-state index in [1.165, 1.54) is 7.11 Å². The normalized spacial score (nSPS) is 28.8. The van der Waals surface area contributed by atoms with Gasteiger partial charge in [0.1, 0.15) is 17.0 Å². The van der Waals surface area contributed by atoms with E-state index in [1.54, 1.807) is 23.2 Å². The van der Waals surface area contributed by atoms with Crippen LogP contribution in [-0.2, 0) is 9.47 Å². The summed E-state index contributed by atoms with van der Waals surface area (Å²) in [4.78, 5) is 36.6. The summed E-state index contributed by atoms with van der Waals surface area (Å²) < 4.78 is 11.9. The third-order valence-corrected chi connectivity index (χ3v) is 7.54. The van der Waals surface area contributed by atoms with Gasteiger partial charge in [-0.1, -0.05) is 0 Å². The molecule has 5 N–H and O–H groups in total. The molecule has 4 bridgehead atoms. The lowest BCUT2D eigenvalue weighted by atomic mass is 9.52. The monoisotopic (exact) mass is 502 g/mol. The molecule has 4 saturated carbocycles. The van der Waals surface area contributed by atoms with Crippen LogP contribution in [0.25, 0.3) is 6.20 Å². The standard InChI is InChI=1S/C25H38N6O5/c1-14(2)28-20-18(13-27-31(20)7-6-24(3,4)30-23(34)35-5)21(32)29-19-16-8-15-9-17(19)12-25(10-15,11-16)36-22(26)33/h6-7,13-17,19,28H,8-12H2,1-5H3,(H2,26,33)(H,29,32)(H,30,34)/b7-6+/t15?,16?,17?,19-,25-. The molecule has 36 heavy (non-hydrogen) atoms. The third-order valence-electron chi connectivity index (χ3n) is 7.54. The van der Waals surface area contributed by atoms with Gasteiger partial charge in [0.05, 0.1) is 18.8 Å². The molecule has 0 saturated heterocycles. The van der Waals surface area contributed by atoms with E-state index < -0.39 is 23.3 Å². The smallest absolute Gasteiger partial charge is 0.407 e. The lowest BCUT2D eigenvalue weighted by Gasteiger charge is -2.58. The summed E-state index contributed by atoms with van der Waals surface area (Å²) in [5.41, 5.74) is 4.64. The largest absolute Gasteiger partial charge is 0.453 e. The Balaban J connectivity index is 1.51. The van der Waals surface area contributed by atoms with Crippen LogP contribution in [0.2, 0.25) is 0 Å². The van der Waals surface area contributed by atoms with Crippen molar-refractivity contribution in [3.05, 3.63) is 17.8 Å². The highest BCUT2D eigenvalue weighted by Crippen LogP contribution is 2.57. The van der Waals surface area contributed by atoms with Crippen LogP contribution in [0.15, 0.2) is 12.3 Å². The predicted octanol–water partition coefficient (Wildman–Crippen LogP) is 3.08. The Kier molecular flexibility index (Phi) is 6.94. The number of nitrogens with two attached hydrogens (primary N) is 1. The topological polar surface area (TPSA) is 150 Å². The summed E-state index contributed by atoms with van der Waals surface area (Å²) >= 11 is 0. The molecule has 5 rings (SSSR count). The van der Waals surface area contributed by atoms with Crippen LogP contribution in [0.1, 0.15) is 70.2 Å². The number of ether oxygens (including phenoxy) is 2. The first-order valence-corrected chi connectivity index (χ1v) is 12.6. The maximum absolute atomic E-state index is 13.5. The molecule has 1 aromatic heterocycles. The fourth-order valence-electron chi connectivity index (χ4n) is 6.42. The van der Waals surface area contributed by atoms with Gasteiger partial charge in [0.25, 0.3) is 5.91 Å². The van der Waals surface area contributed by atoms with E-state index in [2.05, 4.69) is 25.8 Å². The van der Waals surface area contributed by atoms with Crippen molar-refractivity contribution in [3.8, 4) is 0 Å². The second-order valence-corrected chi connectivity index (χ2v) is 11.4. The molecule has 198 valence electrons. The summed E-state index contributed by atoms with van der Waals surface area (Å²) in [6.07, 6.45) is 8.16. The van der Waals surface area contributed by atoms with E-state index >= 15 is 0 Å². The van der Waals surface area contributed by atoms with Crippen LogP contribution < -0.4 is 21.7 Å². The molecule has 2 atom stereocenters. The van der Waals surface area contributed by atoms with Gasteiger partial charge >= 0.3 is 12.2 Å². The Morgan fingerprint density at radius 1 is 1.22 bits per heavy atom. The quantitative estimate of drug-likeness (QED) is 0.427. The summed E-state index contributed by atoms with van der Waals surface area (Å²) in [5.74, 6) is 1.39. The molecule has 2 unspecified atom stereocenters. The zero-order chi connectivity index (χ0) is 26.3. The van der Waals surface area contributed by atoms with Gasteiger partial charge in [-0.15, -0.1) is 0 Å². The Hall–Kier alpha value is -3.24. The zero-order valence-corrected chi connectivity index (χ0v) is 21.7. The molecule has 11 heteroatoms. The van der Waals surface area contributed by atoms with Gasteiger partial charge in [0.15, 0.2) is 0 Å². The number of alkyl carbamates (subject to hydrolysis) is 1. The summed E-state index contributed by atoms with van der Waals surface area (Å²) in [6.45, 7) is 7.63. The number of nitrogens with one attached hydrogen (secondary N) is 3. The SMILES string of the molecule is COC(=O)NC(C)(C)/C=C/n1ncc(C(=O)N[C@H]2C3CC4CC2C[C@](OC(N)=O)(C4)C3)c1NC(C)C. The van der Waals surface area contributed by atoms with E-state index in [0.717, 1.165) is 32.1 Å². The Bertz CT molecular complexity index is 1030. The number of aromatic nitrogens is 2. The van der Waals surface area contributed by atoms with Gasteiger partial charge in [-0.3, -0.25) is 4.79 Å². The molecule has 0 aromatic carbocycles. The van der Waals surface area contributed by atoms with Crippen LogP contribution in [-0.4, -0.2) is 58.2 Å².